The van der Waals surface area contributed by atoms with E-state index in [1.54, 1.807) is 37.3 Å². The Morgan fingerprint density at radius 2 is 2.18 bits per heavy atom. The molecule has 2 rings (SSSR count). The topological polar surface area (TPSA) is 75.4 Å². The van der Waals surface area contributed by atoms with Gasteiger partial charge in [-0.05, 0) is 48.7 Å². The molecule has 1 heterocycles. The van der Waals surface area contributed by atoms with Crippen molar-refractivity contribution in [3.8, 4) is 0 Å². The second-order valence-electron chi connectivity index (χ2n) is 5.69. The third kappa shape index (κ3) is 3.71. The van der Waals surface area contributed by atoms with E-state index < -0.39 is 5.60 Å². The van der Waals surface area contributed by atoms with E-state index in [9.17, 15) is 15.2 Å². The van der Waals surface area contributed by atoms with E-state index in [1.807, 2.05) is 29.8 Å². The number of aryl methyl sites for hydroxylation is 1. The maximum absolute atomic E-state index is 11.0. The van der Waals surface area contributed by atoms with E-state index in [-0.39, 0.29) is 16.7 Å². The molecule has 1 aromatic heterocycles. The Kier molecular flexibility index (Phi) is 4.95. The van der Waals surface area contributed by atoms with Crippen molar-refractivity contribution >= 4 is 17.0 Å². The van der Waals surface area contributed by atoms with E-state index in [1.165, 1.54) is 0 Å². The van der Waals surface area contributed by atoms with Crippen molar-refractivity contribution in [3.63, 3.8) is 0 Å². The molecule has 2 N–H and O–H groups in total. The lowest BCUT2D eigenvalue weighted by atomic mass is 9.98. The van der Waals surface area contributed by atoms with Gasteiger partial charge in [-0.15, -0.1) is 0 Å². The number of benzene rings is 1. The van der Waals surface area contributed by atoms with Crippen LogP contribution >= 0.6 is 11.3 Å². The second kappa shape index (κ2) is 6.56. The molecule has 2 aromatic rings. The quantitative estimate of drug-likeness (QED) is 0.631. The maximum Gasteiger partial charge on any atom is 0.272 e. The number of thiophene rings is 1. The van der Waals surface area contributed by atoms with Crippen LogP contribution in [-0.4, -0.2) is 16.6 Å². The molecule has 0 radical (unpaired) electrons. The van der Waals surface area contributed by atoms with Crippen molar-refractivity contribution < 1.29 is 10.0 Å². The molecular formula is C16H20N2O3S. The van der Waals surface area contributed by atoms with Gasteiger partial charge in [-0.3, -0.25) is 10.1 Å². The van der Waals surface area contributed by atoms with Crippen LogP contribution in [0, 0.1) is 17.0 Å². The van der Waals surface area contributed by atoms with Crippen molar-refractivity contribution in [2.45, 2.75) is 32.4 Å². The van der Waals surface area contributed by atoms with Crippen LogP contribution in [0.4, 0.5) is 5.69 Å². The standard InChI is InChI=1S/C16H20N2O3S/c1-11-4-5-13(8-15(11)18(20)21)12(2)17-10-16(3,19)14-6-7-22-9-14/h4-9,12,17,19H,10H2,1-3H3. The van der Waals surface area contributed by atoms with Crippen LogP contribution in [0.15, 0.2) is 35.0 Å². The molecule has 2 unspecified atom stereocenters. The van der Waals surface area contributed by atoms with Crippen molar-refractivity contribution in [2.75, 3.05) is 6.54 Å². The van der Waals surface area contributed by atoms with Crippen molar-refractivity contribution in [3.05, 3.63) is 61.8 Å². The first-order valence-electron chi connectivity index (χ1n) is 7.04. The first kappa shape index (κ1) is 16.6. The molecule has 0 spiro atoms. The van der Waals surface area contributed by atoms with Crippen molar-refractivity contribution in [1.82, 2.24) is 5.32 Å². The Hall–Kier alpha value is -1.76. The van der Waals surface area contributed by atoms with Crippen LogP contribution < -0.4 is 5.32 Å². The van der Waals surface area contributed by atoms with E-state index in [0.717, 1.165) is 11.1 Å². The van der Waals surface area contributed by atoms with Crippen LogP contribution in [0.3, 0.4) is 0 Å². The first-order chi connectivity index (χ1) is 10.3. The van der Waals surface area contributed by atoms with Gasteiger partial charge in [0, 0.05) is 24.2 Å². The summed E-state index contributed by atoms with van der Waals surface area (Å²) in [7, 11) is 0. The molecule has 0 aliphatic heterocycles. The van der Waals surface area contributed by atoms with E-state index >= 15 is 0 Å². The van der Waals surface area contributed by atoms with Gasteiger partial charge in [0.05, 0.1) is 4.92 Å². The van der Waals surface area contributed by atoms with Gasteiger partial charge >= 0.3 is 0 Å². The van der Waals surface area contributed by atoms with Crippen molar-refractivity contribution in [2.24, 2.45) is 0 Å². The maximum atomic E-state index is 11.0. The van der Waals surface area contributed by atoms with Crippen LogP contribution in [0.1, 0.15) is 36.6 Å². The molecular weight excluding hydrogens is 300 g/mol. The minimum absolute atomic E-state index is 0.0931. The second-order valence-corrected chi connectivity index (χ2v) is 6.47. The molecule has 118 valence electrons. The molecule has 0 saturated carbocycles. The van der Waals surface area contributed by atoms with Gasteiger partial charge in [-0.1, -0.05) is 12.1 Å². The monoisotopic (exact) mass is 320 g/mol. The lowest BCUT2D eigenvalue weighted by Gasteiger charge is -2.25. The predicted molar refractivity (Wildman–Crippen MR) is 88.1 cm³/mol. The zero-order valence-electron chi connectivity index (χ0n) is 12.9. The van der Waals surface area contributed by atoms with Crippen LogP contribution in [-0.2, 0) is 5.60 Å². The summed E-state index contributed by atoms with van der Waals surface area (Å²) in [5.74, 6) is 0. The Morgan fingerprint density at radius 1 is 1.45 bits per heavy atom. The summed E-state index contributed by atoms with van der Waals surface area (Å²) in [6.07, 6.45) is 0. The highest BCUT2D eigenvalue weighted by Gasteiger charge is 2.24. The molecule has 2 atom stereocenters. The Morgan fingerprint density at radius 3 is 2.77 bits per heavy atom. The van der Waals surface area contributed by atoms with Gasteiger partial charge in [0.25, 0.3) is 5.69 Å². The highest BCUT2D eigenvalue weighted by Crippen LogP contribution is 2.25. The van der Waals surface area contributed by atoms with Gasteiger partial charge in [0.15, 0.2) is 0 Å². The van der Waals surface area contributed by atoms with Crippen LogP contribution in [0.25, 0.3) is 0 Å². The van der Waals surface area contributed by atoms with Gasteiger partial charge in [-0.25, -0.2) is 0 Å². The molecule has 0 fully saturated rings. The number of aliphatic hydroxyl groups is 1. The molecule has 0 aliphatic carbocycles. The van der Waals surface area contributed by atoms with E-state index in [2.05, 4.69) is 5.32 Å². The van der Waals surface area contributed by atoms with Gasteiger partial charge in [0.1, 0.15) is 5.60 Å². The average molecular weight is 320 g/mol. The molecule has 6 heteroatoms. The minimum atomic E-state index is -0.967. The fourth-order valence-corrected chi connectivity index (χ4v) is 3.02. The zero-order chi connectivity index (χ0) is 16.3. The zero-order valence-corrected chi connectivity index (χ0v) is 13.7. The van der Waals surface area contributed by atoms with Gasteiger partial charge in [-0.2, -0.15) is 11.3 Å². The van der Waals surface area contributed by atoms with E-state index in [4.69, 9.17) is 0 Å². The minimum Gasteiger partial charge on any atom is -0.384 e. The number of nitro benzene ring substituents is 1. The molecule has 0 saturated heterocycles. The number of hydrogen-bond acceptors (Lipinski definition) is 5. The molecule has 0 amide bonds. The van der Waals surface area contributed by atoms with E-state index in [0.29, 0.717) is 12.1 Å². The largest absolute Gasteiger partial charge is 0.384 e. The smallest absolute Gasteiger partial charge is 0.272 e. The highest BCUT2D eigenvalue weighted by atomic mass is 32.1. The number of nitrogens with zero attached hydrogens (tertiary/aromatic N) is 1. The summed E-state index contributed by atoms with van der Waals surface area (Å²) in [5.41, 5.74) is 1.50. The summed E-state index contributed by atoms with van der Waals surface area (Å²) in [6.45, 7) is 5.78. The average Bonchev–Trinajstić information content (AvgIpc) is 3.00. The Balaban J connectivity index is 2.08. The fraction of sp³-hybridized carbons (Fsp3) is 0.375. The summed E-state index contributed by atoms with van der Waals surface area (Å²) in [4.78, 5) is 10.6. The molecule has 5 nitrogen and oxygen atoms in total. The molecule has 0 bridgehead atoms. The van der Waals surface area contributed by atoms with Gasteiger partial charge in [0.2, 0.25) is 0 Å². The summed E-state index contributed by atoms with van der Waals surface area (Å²) < 4.78 is 0. The van der Waals surface area contributed by atoms with Crippen LogP contribution in [0.5, 0.6) is 0 Å². The number of nitrogens with one attached hydrogen (secondary N) is 1. The highest BCUT2D eigenvalue weighted by molar-refractivity contribution is 7.08. The normalized spacial score (nSPS) is 15.3. The first-order valence-corrected chi connectivity index (χ1v) is 7.99. The molecule has 0 aliphatic rings. The third-order valence-electron chi connectivity index (χ3n) is 3.83. The lowest BCUT2D eigenvalue weighted by Crippen LogP contribution is -2.36. The summed E-state index contributed by atoms with van der Waals surface area (Å²) in [5, 5.41) is 28.6. The Labute approximate surface area is 133 Å². The number of hydrogen-bond donors (Lipinski definition) is 2. The Bertz CT molecular complexity index is 653. The fourth-order valence-electron chi connectivity index (χ4n) is 2.24. The SMILES string of the molecule is Cc1ccc(C(C)NCC(C)(O)c2ccsc2)cc1[N+](=O)[O-]. The third-order valence-corrected chi connectivity index (χ3v) is 4.51. The number of rotatable bonds is 6. The predicted octanol–water partition coefficient (Wildman–Crippen LogP) is 3.52. The van der Waals surface area contributed by atoms with Gasteiger partial charge < -0.3 is 10.4 Å². The molecule has 22 heavy (non-hydrogen) atoms. The van der Waals surface area contributed by atoms with Crippen LogP contribution in [0.2, 0.25) is 0 Å². The van der Waals surface area contributed by atoms with Crippen molar-refractivity contribution in [1.29, 1.82) is 0 Å². The summed E-state index contributed by atoms with van der Waals surface area (Å²) >= 11 is 1.54. The number of nitro groups is 1. The lowest BCUT2D eigenvalue weighted by molar-refractivity contribution is -0.385. The molecule has 1 aromatic carbocycles. The summed E-state index contributed by atoms with van der Waals surface area (Å²) in [6, 6.07) is 7.02.